The van der Waals surface area contributed by atoms with Crippen molar-refractivity contribution in [3.63, 3.8) is 0 Å². The number of nitriles is 1. The number of hydrogen-bond donors (Lipinski definition) is 3. The number of aromatic nitrogens is 2. The summed E-state index contributed by atoms with van der Waals surface area (Å²) < 4.78 is 12.9. The molecule has 8 nitrogen and oxygen atoms in total. The summed E-state index contributed by atoms with van der Waals surface area (Å²) in [7, 11) is 1.38. The molecule has 0 bridgehead atoms. The molecule has 1 fully saturated rings. The van der Waals surface area contributed by atoms with Crippen molar-refractivity contribution in [3.05, 3.63) is 30.1 Å². The predicted molar refractivity (Wildman–Crippen MR) is 80.0 cm³/mol. The number of nitrogens with two attached hydrogens (primary N) is 1. The van der Waals surface area contributed by atoms with E-state index in [1.807, 2.05) is 0 Å². The van der Waals surface area contributed by atoms with Crippen molar-refractivity contribution in [1.82, 2.24) is 9.61 Å². The highest BCUT2D eigenvalue weighted by atomic mass is 16.7. The molecule has 0 amide bonds. The summed E-state index contributed by atoms with van der Waals surface area (Å²) in [6.07, 6.45) is -0.663. The van der Waals surface area contributed by atoms with E-state index in [9.17, 15) is 15.5 Å². The first-order valence-corrected chi connectivity index (χ1v) is 7.11. The van der Waals surface area contributed by atoms with Gasteiger partial charge in [0.2, 0.25) is 5.79 Å². The summed E-state index contributed by atoms with van der Waals surface area (Å²) in [6.45, 7) is 1.09. The first-order valence-electron chi connectivity index (χ1n) is 7.11. The van der Waals surface area contributed by atoms with Crippen LogP contribution < -0.4 is 5.73 Å². The first-order chi connectivity index (χ1) is 10.9. The van der Waals surface area contributed by atoms with Gasteiger partial charge >= 0.3 is 0 Å². The molecule has 2 aromatic heterocycles. The Morgan fingerprint density at radius 1 is 1.52 bits per heavy atom. The van der Waals surface area contributed by atoms with Crippen LogP contribution in [0, 0.1) is 16.7 Å². The molecular formula is C15H18N4O4. The van der Waals surface area contributed by atoms with Gasteiger partial charge in [-0.25, -0.2) is 4.52 Å². The van der Waals surface area contributed by atoms with Gasteiger partial charge in [0.25, 0.3) is 0 Å². The number of hydrogen-bond acceptors (Lipinski definition) is 7. The van der Waals surface area contributed by atoms with Crippen LogP contribution in [0.5, 0.6) is 0 Å². The molecule has 1 aliphatic heterocycles. The molecule has 3 rings (SSSR count). The van der Waals surface area contributed by atoms with Crippen molar-refractivity contribution >= 4 is 11.2 Å². The lowest BCUT2D eigenvalue weighted by Crippen LogP contribution is -2.47. The van der Waals surface area contributed by atoms with Crippen LogP contribution in [-0.4, -0.2) is 45.8 Å². The van der Waals surface area contributed by atoms with Gasteiger partial charge in [-0.05, 0) is 25.1 Å². The van der Waals surface area contributed by atoms with Crippen LogP contribution in [0.25, 0.3) is 5.52 Å². The zero-order valence-corrected chi connectivity index (χ0v) is 12.8. The van der Waals surface area contributed by atoms with Gasteiger partial charge in [0, 0.05) is 13.3 Å². The Bertz CT molecular complexity index is 785. The van der Waals surface area contributed by atoms with E-state index in [0.717, 1.165) is 0 Å². The Balaban J connectivity index is 2.28. The van der Waals surface area contributed by atoms with Crippen molar-refractivity contribution in [1.29, 1.82) is 5.26 Å². The molecule has 4 N–H and O–H groups in total. The number of aliphatic hydroxyl groups is 2. The number of nitrogen functional groups attached to an aromatic ring is 1. The fourth-order valence-electron chi connectivity index (χ4n) is 3.22. The molecule has 0 saturated carbocycles. The van der Waals surface area contributed by atoms with E-state index in [1.165, 1.54) is 24.7 Å². The molecular weight excluding hydrogens is 300 g/mol. The average molecular weight is 318 g/mol. The highest BCUT2D eigenvalue weighted by Gasteiger charge is 2.66. The third-order valence-corrected chi connectivity index (χ3v) is 4.57. The maximum absolute atomic E-state index is 10.5. The number of methoxy groups -OCH3 is 1. The lowest BCUT2D eigenvalue weighted by atomic mass is 9.76. The number of fused-ring (bicyclic) bond motifs is 1. The second-order valence-electron chi connectivity index (χ2n) is 5.72. The molecule has 4 atom stereocenters. The van der Waals surface area contributed by atoms with Crippen molar-refractivity contribution in [3.8, 4) is 6.07 Å². The lowest BCUT2D eigenvalue weighted by Gasteiger charge is -2.36. The quantitative estimate of drug-likeness (QED) is 0.727. The van der Waals surface area contributed by atoms with Gasteiger partial charge < -0.3 is 25.4 Å². The molecule has 3 heterocycles. The van der Waals surface area contributed by atoms with Gasteiger partial charge in [-0.15, -0.1) is 0 Å². The van der Waals surface area contributed by atoms with Crippen molar-refractivity contribution < 1.29 is 19.7 Å². The van der Waals surface area contributed by atoms with E-state index in [2.05, 4.69) is 11.2 Å². The topological polar surface area (TPSA) is 126 Å². The van der Waals surface area contributed by atoms with Gasteiger partial charge in [-0.3, -0.25) is 0 Å². The molecule has 8 heteroatoms. The standard InChI is InChI=1S/C15H18N4O4/c1-14(8-16)13(21)11(7-20)23-15(14,22-2)12-4-3-10-9(17)5-6-18-19(10)12/h3-6,11,13,20-21H,7,17H2,1-2H3/t11-,13-,14-,15+/m1/s1. The zero-order chi connectivity index (χ0) is 16.8. The maximum Gasteiger partial charge on any atom is 0.234 e. The molecule has 122 valence electrons. The Hall–Kier alpha value is -2.18. The zero-order valence-electron chi connectivity index (χ0n) is 12.8. The molecule has 0 aromatic carbocycles. The van der Waals surface area contributed by atoms with E-state index in [1.54, 1.807) is 18.2 Å². The van der Waals surface area contributed by atoms with Crippen LogP contribution in [0.3, 0.4) is 0 Å². The van der Waals surface area contributed by atoms with E-state index < -0.39 is 30.0 Å². The Morgan fingerprint density at radius 3 is 2.87 bits per heavy atom. The Labute approximate surface area is 132 Å². The van der Waals surface area contributed by atoms with Gasteiger partial charge in [-0.2, -0.15) is 10.4 Å². The van der Waals surface area contributed by atoms with Gasteiger partial charge in [-0.1, -0.05) is 0 Å². The molecule has 0 aliphatic carbocycles. The molecule has 0 radical (unpaired) electrons. The minimum absolute atomic E-state index is 0.418. The largest absolute Gasteiger partial charge is 0.397 e. The third-order valence-electron chi connectivity index (χ3n) is 4.57. The minimum atomic E-state index is -1.60. The minimum Gasteiger partial charge on any atom is -0.397 e. The number of ether oxygens (including phenoxy) is 2. The second-order valence-corrected chi connectivity index (χ2v) is 5.72. The van der Waals surface area contributed by atoms with Crippen LogP contribution in [0.2, 0.25) is 0 Å². The summed E-state index contributed by atoms with van der Waals surface area (Å²) in [5, 5.41) is 33.8. The highest BCUT2D eigenvalue weighted by Crippen LogP contribution is 2.53. The van der Waals surface area contributed by atoms with Gasteiger partial charge in [0.05, 0.1) is 23.9 Å². The number of anilines is 1. The van der Waals surface area contributed by atoms with Crippen LogP contribution >= 0.6 is 0 Å². The van der Waals surface area contributed by atoms with Crippen LogP contribution in [0.1, 0.15) is 12.6 Å². The number of nitrogens with zero attached hydrogens (tertiary/aromatic N) is 3. The van der Waals surface area contributed by atoms with Crippen LogP contribution in [0.4, 0.5) is 5.69 Å². The summed E-state index contributed by atoms with van der Waals surface area (Å²) >= 11 is 0. The van der Waals surface area contributed by atoms with Crippen molar-refractivity contribution in [2.75, 3.05) is 19.5 Å². The summed E-state index contributed by atoms with van der Waals surface area (Å²) in [6, 6.07) is 7.16. The van der Waals surface area contributed by atoms with Crippen LogP contribution in [0.15, 0.2) is 24.4 Å². The van der Waals surface area contributed by atoms with E-state index >= 15 is 0 Å². The molecule has 1 saturated heterocycles. The average Bonchev–Trinajstić information content (AvgIpc) is 3.09. The fourth-order valence-corrected chi connectivity index (χ4v) is 3.22. The highest BCUT2D eigenvalue weighted by molar-refractivity contribution is 5.69. The molecule has 0 unspecified atom stereocenters. The first kappa shape index (κ1) is 15.7. The normalized spacial score (nSPS) is 33.9. The maximum atomic E-state index is 10.5. The predicted octanol–water partition coefficient (Wildman–Crippen LogP) is -0.00242. The summed E-state index contributed by atoms with van der Waals surface area (Å²) in [5.41, 5.74) is 6.04. The molecule has 0 spiro atoms. The Kier molecular flexibility index (Phi) is 3.54. The van der Waals surface area contributed by atoms with Crippen molar-refractivity contribution in [2.45, 2.75) is 24.9 Å². The van der Waals surface area contributed by atoms with Crippen LogP contribution in [-0.2, 0) is 15.3 Å². The van der Waals surface area contributed by atoms with Crippen molar-refractivity contribution in [2.24, 2.45) is 5.41 Å². The third kappa shape index (κ3) is 1.82. The molecule has 2 aromatic rings. The fraction of sp³-hybridized carbons (Fsp3) is 0.467. The molecule has 23 heavy (non-hydrogen) atoms. The lowest BCUT2D eigenvalue weighted by molar-refractivity contribution is -0.259. The summed E-state index contributed by atoms with van der Waals surface area (Å²) in [5.74, 6) is -1.60. The van der Waals surface area contributed by atoms with E-state index in [-0.39, 0.29) is 0 Å². The number of rotatable bonds is 3. The SMILES string of the molecule is CO[C@@]1(c2ccc3c(N)ccnn23)O[C@H](CO)[C@@H](O)[C@@]1(C)C#N. The van der Waals surface area contributed by atoms with E-state index in [4.69, 9.17) is 15.2 Å². The van der Waals surface area contributed by atoms with Gasteiger partial charge in [0.15, 0.2) is 0 Å². The summed E-state index contributed by atoms with van der Waals surface area (Å²) in [4.78, 5) is 0. The van der Waals surface area contributed by atoms with Gasteiger partial charge in [0.1, 0.15) is 23.3 Å². The number of aliphatic hydroxyl groups excluding tert-OH is 2. The molecule has 1 aliphatic rings. The smallest absolute Gasteiger partial charge is 0.234 e. The monoisotopic (exact) mass is 318 g/mol. The van der Waals surface area contributed by atoms with E-state index in [0.29, 0.717) is 16.9 Å². The second kappa shape index (κ2) is 5.18. The Morgan fingerprint density at radius 2 is 2.26 bits per heavy atom.